The van der Waals surface area contributed by atoms with Crippen molar-refractivity contribution < 1.29 is 5.11 Å². The number of hydrogen-bond acceptors (Lipinski definition) is 3. The van der Waals surface area contributed by atoms with E-state index >= 15 is 0 Å². The maximum atomic E-state index is 9.32. The fraction of sp³-hybridized carbons (Fsp3) is 1.00. The van der Waals surface area contributed by atoms with E-state index in [2.05, 4.69) is 31.4 Å². The van der Waals surface area contributed by atoms with E-state index < -0.39 is 0 Å². The molecule has 0 aromatic carbocycles. The molecule has 1 aliphatic rings. The molecule has 0 unspecified atom stereocenters. The molecule has 1 atom stereocenters. The molecule has 0 saturated carbocycles. The van der Waals surface area contributed by atoms with E-state index in [0.29, 0.717) is 0 Å². The molecule has 4 heteroatoms. The van der Waals surface area contributed by atoms with Crippen LogP contribution >= 0.6 is 12.4 Å². The van der Waals surface area contributed by atoms with Crippen molar-refractivity contribution in [1.29, 1.82) is 0 Å². The summed E-state index contributed by atoms with van der Waals surface area (Å²) in [5, 5.41) is 16.2. The molecule has 0 amide bonds. The molecule has 3 N–H and O–H groups in total. The Hall–Kier alpha value is 0.170. The van der Waals surface area contributed by atoms with Crippen molar-refractivity contribution in [1.82, 2.24) is 10.6 Å². The third kappa shape index (κ3) is 5.48. The zero-order valence-corrected chi connectivity index (χ0v) is 11.6. The molecule has 98 valence electrons. The van der Waals surface area contributed by atoms with Gasteiger partial charge < -0.3 is 15.7 Å². The summed E-state index contributed by atoms with van der Waals surface area (Å²) in [6, 6.07) is 0.215. The Bertz CT molecular complexity index is 176. The highest BCUT2D eigenvalue weighted by Crippen LogP contribution is 2.19. The van der Waals surface area contributed by atoms with Crippen LogP contribution in [0.3, 0.4) is 0 Å². The molecule has 0 radical (unpaired) electrons. The predicted molar refractivity (Wildman–Crippen MR) is 71.2 cm³/mol. The third-order valence-electron chi connectivity index (χ3n) is 3.34. The van der Waals surface area contributed by atoms with Crippen LogP contribution in [0.2, 0.25) is 0 Å². The average molecular weight is 251 g/mol. The van der Waals surface area contributed by atoms with E-state index in [-0.39, 0.29) is 30.5 Å². The zero-order valence-electron chi connectivity index (χ0n) is 10.8. The van der Waals surface area contributed by atoms with Crippen LogP contribution in [0.5, 0.6) is 0 Å². The number of hydrogen-bond donors (Lipinski definition) is 3. The lowest BCUT2D eigenvalue weighted by Crippen LogP contribution is -2.46. The van der Waals surface area contributed by atoms with Gasteiger partial charge in [-0.3, -0.25) is 0 Å². The maximum absolute atomic E-state index is 9.32. The van der Waals surface area contributed by atoms with E-state index in [0.717, 1.165) is 25.6 Å². The minimum absolute atomic E-state index is 0. The second-order valence-corrected chi connectivity index (χ2v) is 5.70. The van der Waals surface area contributed by atoms with Crippen molar-refractivity contribution in [2.75, 3.05) is 26.2 Å². The molecule has 1 saturated heterocycles. The minimum atomic E-state index is 0. The smallest absolute Gasteiger partial charge is 0.0589 e. The van der Waals surface area contributed by atoms with Gasteiger partial charge in [-0.15, -0.1) is 12.4 Å². The Balaban J connectivity index is 0.00000225. The van der Waals surface area contributed by atoms with Crippen LogP contribution in [0, 0.1) is 11.3 Å². The monoisotopic (exact) mass is 250 g/mol. The van der Waals surface area contributed by atoms with Gasteiger partial charge in [0, 0.05) is 6.04 Å². The van der Waals surface area contributed by atoms with Crippen molar-refractivity contribution in [2.24, 2.45) is 11.3 Å². The normalized spacial score (nSPS) is 20.2. The Morgan fingerprint density at radius 1 is 1.31 bits per heavy atom. The fourth-order valence-electron chi connectivity index (χ4n) is 2.04. The standard InChI is InChI=1S/C12H26N2O.ClH/c1-12(2,3)11(9-15)14-8-10-4-6-13-7-5-10;/h10-11,13-15H,4-9H2,1-3H3;1H/t11-;/m1./s1. The Kier molecular flexibility index (Phi) is 7.57. The van der Waals surface area contributed by atoms with Crippen molar-refractivity contribution >= 4 is 12.4 Å². The minimum Gasteiger partial charge on any atom is -0.395 e. The molecule has 1 heterocycles. The predicted octanol–water partition coefficient (Wildman–Crippen LogP) is 1.40. The van der Waals surface area contributed by atoms with Crippen molar-refractivity contribution in [3.8, 4) is 0 Å². The van der Waals surface area contributed by atoms with Crippen LogP contribution in [0.4, 0.5) is 0 Å². The first-order valence-electron chi connectivity index (χ1n) is 6.09. The number of piperidine rings is 1. The quantitative estimate of drug-likeness (QED) is 0.707. The number of nitrogens with one attached hydrogen (secondary N) is 2. The molecule has 1 rings (SSSR count). The molecular weight excluding hydrogens is 224 g/mol. The summed E-state index contributed by atoms with van der Waals surface area (Å²) >= 11 is 0. The van der Waals surface area contributed by atoms with Crippen LogP contribution in [0.25, 0.3) is 0 Å². The van der Waals surface area contributed by atoms with Gasteiger partial charge in [0.1, 0.15) is 0 Å². The zero-order chi connectivity index (χ0) is 11.3. The molecule has 1 fully saturated rings. The van der Waals surface area contributed by atoms with E-state index in [1.807, 2.05) is 0 Å². The molecule has 0 aromatic rings. The largest absolute Gasteiger partial charge is 0.395 e. The van der Waals surface area contributed by atoms with Crippen LogP contribution in [0.1, 0.15) is 33.6 Å². The molecule has 1 aliphatic heterocycles. The molecule has 16 heavy (non-hydrogen) atoms. The second-order valence-electron chi connectivity index (χ2n) is 5.70. The second kappa shape index (κ2) is 7.49. The topological polar surface area (TPSA) is 44.3 Å². The SMILES string of the molecule is CC(C)(C)[C@@H](CO)NCC1CCNCC1.Cl. The van der Waals surface area contributed by atoms with Crippen molar-refractivity contribution in [2.45, 2.75) is 39.7 Å². The third-order valence-corrected chi connectivity index (χ3v) is 3.34. The van der Waals surface area contributed by atoms with Gasteiger partial charge in [0.2, 0.25) is 0 Å². The van der Waals surface area contributed by atoms with Crippen molar-refractivity contribution in [3.63, 3.8) is 0 Å². The van der Waals surface area contributed by atoms with Crippen molar-refractivity contribution in [3.05, 3.63) is 0 Å². The highest BCUT2D eigenvalue weighted by molar-refractivity contribution is 5.85. The highest BCUT2D eigenvalue weighted by Gasteiger charge is 2.24. The summed E-state index contributed by atoms with van der Waals surface area (Å²) in [5.74, 6) is 0.780. The molecular formula is C12H27ClN2O. The number of aliphatic hydroxyl groups excluding tert-OH is 1. The van der Waals surface area contributed by atoms with Gasteiger partial charge >= 0.3 is 0 Å². The first-order chi connectivity index (χ1) is 7.04. The lowest BCUT2D eigenvalue weighted by atomic mass is 9.86. The van der Waals surface area contributed by atoms with E-state index in [1.54, 1.807) is 0 Å². The van der Waals surface area contributed by atoms with Crippen LogP contribution in [-0.2, 0) is 0 Å². The molecule has 0 aromatic heterocycles. The molecule has 0 aliphatic carbocycles. The van der Waals surface area contributed by atoms with Gasteiger partial charge in [0.25, 0.3) is 0 Å². The highest BCUT2D eigenvalue weighted by atomic mass is 35.5. The number of halogens is 1. The molecule has 0 spiro atoms. The lowest BCUT2D eigenvalue weighted by molar-refractivity contribution is 0.151. The van der Waals surface area contributed by atoms with Gasteiger partial charge in [0.05, 0.1) is 6.61 Å². The number of aliphatic hydroxyl groups is 1. The summed E-state index contributed by atoms with van der Waals surface area (Å²) in [6.07, 6.45) is 2.52. The van der Waals surface area contributed by atoms with Gasteiger partial charge in [-0.25, -0.2) is 0 Å². The summed E-state index contributed by atoms with van der Waals surface area (Å²) < 4.78 is 0. The van der Waals surface area contributed by atoms with Gasteiger partial charge in [-0.05, 0) is 43.8 Å². The van der Waals surface area contributed by atoms with E-state index in [4.69, 9.17) is 0 Å². The van der Waals surface area contributed by atoms with Crippen LogP contribution in [-0.4, -0.2) is 37.4 Å². The number of rotatable bonds is 4. The van der Waals surface area contributed by atoms with Gasteiger partial charge in [-0.2, -0.15) is 0 Å². The van der Waals surface area contributed by atoms with E-state index in [1.165, 1.54) is 12.8 Å². The average Bonchev–Trinajstić information content (AvgIpc) is 2.18. The Labute approximate surface area is 106 Å². The van der Waals surface area contributed by atoms with Gasteiger partial charge in [-0.1, -0.05) is 20.8 Å². The summed E-state index contributed by atoms with van der Waals surface area (Å²) in [5.41, 5.74) is 0.141. The molecule has 0 bridgehead atoms. The first-order valence-corrected chi connectivity index (χ1v) is 6.09. The maximum Gasteiger partial charge on any atom is 0.0589 e. The molecule has 3 nitrogen and oxygen atoms in total. The summed E-state index contributed by atoms with van der Waals surface area (Å²) in [7, 11) is 0. The Morgan fingerprint density at radius 2 is 1.88 bits per heavy atom. The van der Waals surface area contributed by atoms with Crippen LogP contribution in [0.15, 0.2) is 0 Å². The van der Waals surface area contributed by atoms with Gasteiger partial charge in [0.15, 0.2) is 0 Å². The summed E-state index contributed by atoms with van der Waals surface area (Å²) in [4.78, 5) is 0. The van der Waals surface area contributed by atoms with E-state index in [9.17, 15) is 5.11 Å². The summed E-state index contributed by atoms with van der Waals surface area (Å²) in [6.45, 7) is 10.1. The van der Waals surface area contributed by atoms with Crippen LogP contribution < -0.4 is 10.6 Å². The fourth-order valence-corrected chi connectivity index (χ4v) is 2.04. The lowest BCUT2D eigenvalue weighted by Gasteiger charge is -2.32. The Morgan fingerprint density at radius 3 is 2.31 bits per heavy atom. The first kappa shape index (κ1) is 16.2.